The molecule has 0 spiro atoms. The average molecular weight is 317 g/mol. The van der Waals surface area contributed by atoms with E-state index in [4.69, 9.17) is 0 Å². The Morgan fingerprint density at radius 2 is 0.957 bits per heavy atom. The van der Waals surface area contributed by atoms with Crippen molar-refractivity contribution < 1.29 is 0 Å². The van der Waals surface area contributed by atoms with Crippen molar-refractivity contribution in [2.24, 2.45) is 0 Å². The number of rotatable bonds is 5. The summed E-state index contributed by atoms with van der Waals surface area (Å²) in [6.45, 7) is 6.42. The van der Waals surface area contributed by atoms with Gasteiger partial charge < -0.3 is 0 Å². The van der Waals surface area contributed by atoms with Gasteiger partial charge in [0.15, 0.2) is 0 Å². The Balaban J connectivity index is 2.30. The zero-order chi connectivity index (χ0) is 16.1. The molecular weight excluding hydrogens is 296 g/mol. The minimum atomic E-state index is -0.245. The van der Waals surface area contributed by atoms with Crippen molar-refractivity contribution in [1.82, 2.24) is 0 Å². The third-order valence-electron chi connectivity index (χ3n) is 3.92. The lowest BCUT2D eigenvalue weighted by molar-refractivity contribution is 0.888. The third-order valence-corrected chi connectivity index (χ3v) is 5.38. The maximum atomic E-state index is 4.26. The molecule has 0 amide bonds. The van der Waals surface area contributed by atoms with E-state index in [-0.39, 0.29) is 10.00 Å². The predicted molar refractivity (Wildman–Crippen MR) is 102 cm³/mol. The van der Waals surface area contributed by atoms with Crippen LogP contribution in [-0.2, 0) is 4.75 Å². The zero-order valence-corrected chi connectivity index (χ0v) is 14.2. The largest absolute Gasteiger partial charge is 0.137 e. The number of hydrogen-bond acceptors (Lipinski definition) is 1. The Labute approximate surface area is 143 Å². The van der Waals surface area contributed by atoms with Gasteiger partial charge in [0.1, 0.15) is 0 Å². The lowest BCUT2D eigenvalue weighted by atomic mass is 9.84. The molecule has 0 aliphatic rings. The van der Waals surface area contributed by atoms with Crippen LogP contribution < -0.4 is 0 Å². The van der Waals surface area contributed by atoms with Crippen LogP contribution >= 0.6 is 11.8 Å². The van der Waals surface area contributed by atoms with Gasteiger partial charge in [-0.1, -0.05) is 97.9 Å². The van der Waals surface area contributed by atoms with Crippen LogP contribution in [0.25, 0.3) is 0 Å². The molecule has 0 saturated carbocycles. The molecule has 0 unspecified atom stereocenters. The fourth-order valence-electron chi connectivity index (χ4n) is 3.02. The van der Waals surface area contributed by atoms with E-state index < -0.39 is 0 Å². The van der Waals surface area contributed by atoms with Gasteiger partial charge in [0, 0.05) is 5.25 Å². The van der Waals surface area contributed by atoms with Gasteiger partial charge >= 0.3 is 0 Å². The molecule has 0 aromatic heterocycles. The standard InChI is InChI=1S/C22H21S/c1-18(2)23-22(19-12-6-3-7-13-19,20-14-8-4-9-15-20)21-16-10-5-11-17-21/h3-18H,1H2,2H3/t18-/m1/s1. The normalized spacial score (nSPS) is 11.6. The summed E-state index contributed by atoms with van der Waals surface area (Å²) in [4.78, 5) is 0. The zero-order valence-electron chi connectivity index (χ0n) is 13.4. The smallest absolute Gasteiger partial charge is 0.0909 e. The van der Waals surface area contributed by atoms with E-state index in [1.807, 2.05) is 11.8 Å². The van der Waals surface area contributed by atoms with Crippen LogP contribution in [0.3, 0.4) is 0 Å². The van der Waals surface area contributed by atoms with Crippen molar-refractivity contribution in [3.8, 4) is 0 Å². The molecule has 0 N–H and O–H groups in total. The van der Waals surface area contributed by atoms with E-state index in [9.17, 15) is 0 Å². The minimum absolute atomic E-state index is 0.245. The molecule has 0 heterocycles. The van der Waals surface area contributed by atoms with Gasteiger partial charge in [-0.3, -0.25) is 0 Å². The quantitative estimate of drug-likeness (QED) is 0.525. The van der Waals surface area contributed by atoms with Crippen molar-refractivity contribution >= 4 is 11.8 Å². The molecule has 1 radical (unpaired) electrons. The second-order valence-electron chi connectivity index (χ2n) is 5.71. The van der Waals surface area contributed by atoms with Gasteiger partial charge in [0.05, 0.1) is 4.75 Å². The fraction of sp³-hybridized carbons (Fsp3) is 0.136. The first-order valence-corrected chi connectivity index (χ1v) is 8.79. The van der Waals surface area contributed by atoms with Crippen molar-refractivity contribution in [3.63, 3.8) is 0 Å². The summed E-state index contributed by atoms with van der Waals surface area (Å²) in [5, 5.41) is 0.260. The number of thioether (sulfide) groups is 1. The minimum Gasteiger partial charge on any atom is -0.137 e. The second-order valence-corrected chi connectivity index (χ2v) is 7.36. The van der Waals surface area contributed by atoms with Gasteiger partial charge in [-0.2, -0.15) is 0 Å². The van der Waals surface area contributed by atoms with Crippen LogP contribution in [0.1, 0.15) is 23.6 Å². The molecule has 23 heavy (non-hydrogen) atoms. The van der Waals surface area contributed by atoms with Gasteiger partial charge in [0.25, 0.3) is 0 Å². The van der Waals surface area contributed by atoms with E-state index in [2.05, 4.69) is 105 Å². The highest BCUT2D eigenvalue weighted by molar-refractivity contribution is 8.01. The summed E-state index contributed by atoms with van der Waals surface area (Å²) in [6, 6.07) is 32.2. The lowest BCUT2D eigenvalue weighted by Gasteiger charge is -2.36. The monoisotopic (exact) mass is 317 g/mol. The molecule has 0 bridgehead atoms. The summed E-state index contributed by atoms with van der Waals surface area (Å²) in [5.74, 6) is 0. The van der Waals surface area contributed by atoms with Crippen LogP contribution in [0.2, 0.25) is 0 Å². The maximum absolute atomic E-state index is 4.26. The molecule has 1 heteroatoms. The van der Waals surface area contributed by atoms with Crippen LogP contribution in [0.5, 0.6) is 0 Å². The Bertz CT molecular complexity index is 621. The highest BCUT2D eigenvalue weighted by Crippen LogP contribution is 2.49. The Kier molecular flexibility index (Phi) is 4.88. The molecule has 1 atom stereocenters. The Morgan fingerprint density at radius 1 is 0.652 bits per heavy atom. The molecule has 0 aliphatic heterocycles. The molecule has 3 rings (SSSR count). The van der Waals surface area contributed by atoms with Crippen molar-refractivity contribution in [3.05, 3.63) is 115 Å². The molecule has 0 fully saturated rings. The molecule has 3 aromatic carbocycles. The topological polar surface area (TPSA) is 0 Å². The van der Waals surface area contributed by atoms with E-state index >= 15 is 0 Å². The summed E-state index contributed by atoms with van der Waals surface area (Å²) >= 11 is 1.90. The SMILES string of the molecule is [CH2][C@H](C)SC(c1ccccc1)(c1ccccc1)c1ccccc1. The second kappa shape index (κ2) is 7.06. The molecule has 115 valence electrons. The van der Waals surface area contributed by atoms with Crippen molar-refractivity contribution in [2.45, 2.75) is 16.9 Å². The first-order valence-electron chi connectivity index (χ1n) is 7.91. The van der Waals surface area contributed by atoms with Gasteiger partial charge in [0.2, 0.25) is 0 Å². The third kappa shape index (κ3) is 3.20. The predicted octanol–water partition coefficient (Wildman–Crippen LogP) is 5.93. The molecule has 0 saturated heterocycles. The lowest BCUT2D eigenvalue weighted by Crippen LogP contribution is -2.27. The summed E-state index contributed by atoms with van der Waals surface area (Å²) in [6.07, 6.45) is 0. The average Bonchev–Trinajstić information content (AvgIpc) is 2.62. The maximum Gasteiger partial charge on any atom is 0.0909 e. The van der Waals surface area contributed by atoms with E-state index in [0.29, 0.717) is 0 Å². The molecule has 0 nitrogen and oxygen atoms in total. The number of hydrogen-bond donors (Lipinski definition) is 0. The molecule has 0 aliphatic carbocycles. The van der Waals surface area contributed by atoms with Gasteiger partial charge in [-0.05, 0) is 23.6 Å². The number of benzene rings is 3. The highest BCUT2D eigenvalue weighted by atomic mass is 32.2. The van der Waals surface area contributed by atoms with E-state index in [1.165, 1.54) is 16.7 Å². The van der Waals surface area contributed by atoms with Crippen LogP contribution in [0.15, 0.2) is 91.0 Å². The van der Waals surface area contributed by atoms with Crippen molar-refractivity contribution in [1.29, 1.82) is 0 Å². The summed E-state index contributed by atoms with van der Waals surface area (Å²) < 4.78 is -0.245. The van der Waals surface area contributed by atoms with Crippen LogP contribution in [0.4, 0.5) is 0 Å². The van der Waals surface area contributed by atoms with Gasteiger partial charge in [-0.15, -0.1) is 11.8 Å². The Hall–Kier alpha value is -1.99. The molecule has 3 aromatic rings. The highest BCUT2D eigenvalue weighted by Gasteiger charge is 2.37. The first-order chi connectivity index (χ1) is 11.2. The summed E-state index contributed by atoms with van der Waals surface area (Å²) in [7, 11) is 0. The summed E-state index contributed by atoms with van der Waals surface area (Å²) in [5.41, 5.74) is 3.87. The molecular formula is C22H21S. The fourth-order valence-corrected chi connectivity index (χ4v) is 4.44. The first kappa shape index (κ1) is 15.9. The Morgan fingerprint density at radius 3 is 1.22 bits per heavy atom. The van der Waals surface area contributed by atoms with Crippen molar-refractivity contribution in [2.75, 3.05) is 0 Å². The van der Waals surface area contributed by atoms with Gasteiger partial charge in [-0.25, -0.2) is 0 Å². The van der Waals surface area contributed by atoms with E-state index in [1.54, 1.807) is 0 Å². The van der Waals surface area contributed by atoms with Crippen LogP contribution in [-0.4, -0.2) is 5.25 Å². The van der Waals surface area contributed by atoms with Crippen LogP contribution in [0, 0.1) is 6.92 Å². The van der Waals surface area contributed by atoms with E-state index in [0.717, 1.165) is 0 Å².